The molecule has 4 N–H and O–H groups in total. The van der Waals surface area contributed by atoms with Gasteiger partial charge in [-0.1, -0.05) is 0 Å². The summed E-state index contributed by atoms with van der Waals surface area (Å²) in [5.74, 6) is 0. The Morgan fingerprint density at radius 1 is 1.45 bits per heavy atom. The second-order valence-corrected chi connectivity index (χ2v) is 3.00. The largest absolute Gasteiger partial charge is 0.375 e. The van der Waals surface area contributed by atoms with Gasteiger partial charge in [0.05, 0.1) is 6.67 Å². The molecular formula is C6H14N4S. The quantitative estimate of drug-likeness (QED) is 0.435. The van der Waals surface area contributed by atoms with Crippen molar-refractivity contribution in [2.24, 2.45) is 11.5 Å². The zero-order valence-electron chi connectivity index (χ0n) is 6.49. The van der Waals surface area contributed by atoms with Crippen LogP contribution in [-0.2, 0) is 0 Å². The molecule has 0 spiro atoms. The van der Waals surface area contributed by atoms with Crippen molar-refractivity contribution in [3.05, 3.63) is 0 Å². The van der Waals surface area contributed by atoms with E-state index in [1.54, 1.807) is 5.01 Å². The molecule has 1 aliphatic rings. The first-order valence-electron chi connectivity index (χ1n) is 3.77. The fraction of sp³-hybridized carbons (Fsp3) is 0.833. The Morgan fingerprint density at radius 2 is 2.00 bits per heavy atom. The smallest absolute Gasteiger partial charge is 0.182 e. The predicted octanol–water partition coefficient (Wildman–Crippen LogP) is -0.541. The van der Waals surface area contributed by atoms with Crippen LogP contribution in [-0.4, -0.2) is 34.9 Å². The highest BCUT2D eigenvalue weighted by atomic mass is 32.1. The zero-order valence-corrected chi connectivity index (χ0v) is 7.31. The molecule has 1 heterocycles. The van der Waals surface area contributed by atoms with Crippen LogP contribution in [0.4, 0.5) is 0 Å². The molecule has 0 radical (unpaired) electrons. The van der Waals surface area contributed by atoms with Crippen molar-refractivity contribution in [3.8, 4) is 0 Å². The molecule has 11 heavy (non-hydrogen) atoms. The summed E-state index contributed by atoms with van der Waals surface area (Å²) in [4.78, 5) is 0. The SMILES string of the molecule is NCN(C(N)=S)N1CCCC1. The molecule has 1 saturated heterocycles. The van der Waals surface area contributed by atoms with E-state index in [2.05, 4.69) is 5.01 Å². The third-order valence-electron chi connectivity index (χ3n) is 1.85. The molecule has 0 atom stereocenters. The summed E-state index contributed by atoms with van der Waals surface area (Å²) in [5, 5.41) is 4.22. The molecule has 0 aliphatic carbocycles. The van der Waals surface area contributed by atoms with E-state index < -0.39 is 0 Å². The fourth-order valence-electron chi connectivity index (χ4n) is 1.29. The van der Waals surface area contributed by atoms with Gasteiger partial charge < -0.3 is 11.5 Å². The topological polar surface area (TPSA) is 58.5 Å². The Hall–Kier alpha value is -0.390. The Kier molecular flexibility index (Phi) is 3.04. The van der Waals surface area contributed by atoms with Gasteiger partial charge in [-0.2, -0.15) is 0 Å². The molecule has 0 amide bonds. The number of hydrazine groups is 1. The minimum absolute atomic E-state index is 0.370. The summed E-state index contributed by atoms with van der Waals surface area (Å²) in [5.41, 5.74) is 10.9. The standard InChI is InChI=1S/C6H14N4S/c7-5-10(6(8)11)9-3-1-2-4-9/h1-5,7H2,(H2,8,11). The normalized spacial score (nSPS) is 18.6. The van der Waals surface area contributed by atoms with Gasteiger partial charge in [0.1, 0.15) is 0 Å². The van der Waals surface area contributed by atoms with E-state index in [9.17, 15) is 0 Å². The van der Waals surface area contributed by atoms with Crippen molar-refractivity contribution < 1.29 is 0 Å². The van der Waals surface area contributed by atoms with Crippen LogP contribution in [0.5, 0.6) is 0 Å². The lowest BCUT2D eigenvalue weighted by Crippen LogP contribution is -2.50. The molecule has 0 saturated carbocycles. The highest BCUT2D eigenvalue weighted by molar-refractivity contribution is 7.80. The summed E-state index contributed by atoms with van der Waals surface area (Å²) < 4.78 is 0. The molecule has 0 aromatic rings. The Bertz CT molecular complexity index is 144. The number of rotatable bonds is 2. The molecule has 5 heteroatoms. The molecule has 0 aromatic heterocycles. The third kappa shape index (κ3) is 2.02. The van der Waals surface area contributed by atoms with Crippen LogP contribution in [0.15, 0.2) is 0 Å². The average Bonchev–Trinajstić information content (AvgIpc) is 2.40. The number of hydrogen-bond donors (Lipinski definition) is 2. The third-order valence-corrected chi connectivity index (χ3v) is 2.06. The lowest BCUT2D eigenvalue weighted by Gasteiger charge is -2.30. The van der Waals surface area contributed by atoms with Crippen molar-refractivity contribution in [1.29, 1.82) is 0 Å². The van der Waals surface area contributed by atoms with E-state index in [0.29, 0.717) is 11.8 Å². The molecule has 0 unspecified atom stereocenters. The second-order valence-electron chi connectivity index (χ2n) is 2.58. The Balaban J connectivity index is 2.46. The first kappa shape index (κ1) is 8.70. The molecule has 1 aliphatic heterocycles. The van der Waals surface area contributed by atoms with Crippen molar-refractivity contribution >= 4 is 17.3 Å². The number of nitrogens with zero attached hydrogens (tertiary/aromatic N) is 2. The maximum Gasteiger partial charge on any atom is 0.182 e. The predicted molar refractivity (Wildman–Crippen MR) is 48.5 cm³/mol. The lowest BCUT2D eigenvalue weighted by atomic mass is 10.4. The molecule has 0 bridgehead atoms. The lowest BCUT2D eigenvalue weighted by molar-refractivity contribution is 0.0784. The first-order chi connectivity index (χ1) is 5.25. The van der Waals surface area contributed by atoms with Gasteiger partial charge in [-0.05, 0) is 25.1 Å². The van der Waals surface area contributed by atoms with Crippen LogP contribution in [0.25, 0.3) is 0 Å². The fourth-order valence-corrected chi connectivity index (χ4v) is 1.48. The Labute approximate surface area is 72.1 Å². The van der Waals surface area contributed by atoms with Crippen molar-refractivity contribution in [2.75, 3.05) is 19.8 Å². The second kappa shape index (κ2) is 3.85. The Morgan fingerprint density at radius 3 is 2.36 bits per heavy atom. The van der Waals surface area contributed by atoms with E-state index in [1.165, 1.54) is 12.8 Å². The summed E-state index contributed by atoms with van der Waals surface area (Å²) in [7, 11) is 0. The van der Waals surface area contributed by atoms with Gasteiger partial charge in [-0.25, -0.2) is 5.01 Å². The zero-order chi connectivity index (χ0) is 8.27. The number of nitrogens with two attached hydrogens (primary N) is 2. The summed E-state index contributed by atoms with van der Waals surface area (Å²) in [6.07, 6.45) is 2.41. The van der Waals surface area contributed by atoms with Gasteiger partial charge in [-0.15, -0.1) is 0 Å². The molecule has 64 valence electrons. The highest BCUT2D eigenvalue weighted by Crippen LogP contribution is 2.09. The van der Waals surface area contributed by atoms with Gasteiger partial charge in [0.2, 0.25) is 0 Å². The van der Waals surface area contributed by atoms with Crippen molar-refractivity contribution in [3.63, 3.8) is 0 Å². The number of thiocarbonyl (C=S) groups is 1. The van der Waals surface area contributed by atoms with E-state index in [1.807, 2.05) is 0 Å². The van der Waals surface area contributed by atoms with Crippen LogP contribution < -0.4 is 11.5 Å². The molecule has 4 nitrogen and oxygen atoms in total. The van der Waals surface area contributed by atoms with Gasteiger partial charge in [-0.3, -0.25) is 5.01 Å². The van der Waals surface area contributed by atoms with E-state index in [0.717, 1.165) is 13.1 Å². The van der Waals surface area contributed by atoms with Crippen LogP contribution in [0.1, 0.15) is 12.8 Å². The minimum Gasteiger partial charge on any atom is -0.375 e. The molecular weight excluding hydrogens is 160 g/mol. The van der Waals surface area contributed by atoms with E-state index in [-0.39, 0.29) is 0 Å². The van der Waals surface area contributed by atoms with Crippen LogP contribution in [0.3, 0.4) is 0 Å². The first-order valence-corrected chi connectivity index (χ1v) is 4.18. The maximum atomic E-state index is 5.47. The maximum absolute atomic E-state index is 5.47. The molecule has 1 fully saturated rings. The summed E-state index contributed by atoms with van der Waals surface area (Å²) >= 11 is 4.83. The van der Waals surface area contributed by atoms with Gasteiger partial charge >= 0.3 is 0 Å². The van der Waals surface area contributed by atoms with Crippen LogP contribution >= 0.6 is 12.2 Å². The van der Waals surface area contributed by atoms with Gasteiger partial charge in [0.25, 0.3) is 0 Å². The van der Waals surface area contributed by atoms with E-state index >= 15 is 0 Å². The van der Waals surface area contributed by atoms with Crippen molar-refractivity contribution in [1.82, 2.24) is 10.0 Å². The van der Waals surface area contributed by atoms with Crippen LogP contribution in [0, 0.1) is 0 Å². The minimum atomic E-state index is 0.370. The average molecular weight is 174 g/mol. The summed E-state index contributed by atoms with van der Waals surface area (Å²) in [6.45, 7) is 2.43. The van der Waals surface area contributed by atoms with Crippen LogP contribution in [0.2, 0.25) is 0 Å². The molecule has 1 rings (SSSR count). The molecule has 0 aromatic carbocycles. The highest BCUT2D eigenvalue weighted by Gasteiger charge is 2.18. The summed E-state index contributed by atoms with van der Waals surface area (Å²) in [6, 6.07) is 0. The van der Waals surface area contributed by atoms with E-state index in [4.69, 9.17) is 23.7 Å². The van der Waals surface area contributed by atoms with Gasteiger partial charge in [0, 0.05) is 13.1 Å². The van der Waals surface area contributed by atoms with Gasteiger partial charge in [0.15, 0.2) is 5.11 Å². The number of hydrogen-bond acceptors (Lipinski definition) is 3. The monoisotopic (exact) mass is 174 g/mol. The van der Waals surface area contributed by atoms with Crippen molar-refractivity contribution in [2.45, 2.75) is 12.8 Å².